The van der Waals surface area contributed by atoms with Crippen molar-refractivity contribution in [3.63, 3.8) is 0 Å². The Morgan fingerprint density at radius 2 is 2.08 bits per heavy atom. The van der Waals surface area contributed by atoms with Gasteiger partial charge in [0, 0.05) is 19.0 Å². The standard InChI is InChI=1S/C9H18N2O2/c1-9(2,3)7(13-8(10)12)6-4-11-5-6/h6-7,11H,4-5H2,1-3H3,(H2,10,12). The summed E-state index contributed by atoms with van der Waals surface area (Å²) in [5, 5.41) is 3.15. The van der Waals surface area contributed by atoms with Crippen LogP contribution in [0.1, 0.15) is 20.8 Å². The van der Waals surface area contributed by atoms with Gasteiger partial charge in [-0.15, -0.1) is 0 Å². The number of amides is 1. The lowest BCUT2D eigenvalue weighted by Crippen LogP contribution is -2.54. The Morgan fingerprint density at radius 1 is 1.54 bits per heavy atom. The van der Waals surface area contributed by atoms with Crippen LogP contribution < -0.4 is 11.1 Å². The van der Waals surface area contributed by atoms with Crippen LogP contribution >= 0.6 is 0 Å². The molecule has 76 valence electrons. The van der Waals surface area contributed by atoms with Crippen LogP contribution in [-0.4, -0.2) is 25.3 Å². The van der Waals surface area contributed by atoms with Crippen LogP contribution in [0.5, 0.6) is 0 Å². The van der Waals surface area contributed by atoms with Gasteiger partial charge in [0.15, 0.2) is 0 Å². The summed E-state index contributed by atoms with van der Waals surface area (Å²) in [6, 6.07) is 0. The molecule has 0 spiro atoms. The molecule has 1 rings (SSSR count). The molecule has 1 fully saturated rings. The molecule has 0 saturated carbocycles. The van der Waals surface area contributed by atoms with Gasteiger partial charge in [0.25, 0.3) is 0 Å². The Hall–Kier alpha value is -0.770. The predicted molar refractivity (Wildman–Crippen MR) is 50.3 cm³/mol. The van der Waals surface area contributed by atoms with Crippen molar-refractivity contribution in [1.29, 1.82) is 0 Å². The lowest BCUT2D eigenvalue weighted by molar-refractivity contribution is -0.0195. The van der Waals surface area contributed by atoms with Crippen molar-refractivity contribution in [2.24, 2.45) is 17.1 Å². The smallest absolute Gasteiger partial charge is 0.404 e. The van der Waals surface area contributed by atoms with Gasteiger partial charge in [0.05, 0.1) is 0 Å². The summed E-state index contributed by atoms with van der Waals surface area (Å²) in [7, 11) is 0. The highest BCUT2D eigenvalue weighted by Crippen LogP contribution is 2.30. The third kappa shape index (κ3) is 2.59. The second-order valence-electron chi connectivity index (χ2n) is 4.64. The number of carbonyl (C=O) groups is 1. The van der Waals surface area contributed by atoms with E-state index in [9.17, 15) is 4.79 Å². The molecule has 1 aliphatic heterocycles. The Balaban J connectivity index is 2.58. The number of hydrogen-bond acceptors (Lipinski definition) is 3. The first-order valence-electron chi connectivity index (χ1n) is 4.58. The summed E-state index contributed by atoms with van der Waals surface area (Å²) in [4.78, 5) is 10.7. The zero-order chi connectivity index (χ0) is 10.1. The largest absolute Gasteiger partial charge is 0.445 e. The van der Waals surface area contributed by atoms with Crippen LogP contribution in [0.4, 0.5) is 4.79 Å². The number of rotatable bonds is 2. The van der Waals surface area contributed by atoms with E-state index in [1.54, 1.807) is 0 Å². The van der Waals surface area contributed by atoms with E-state index in [0.29, 0.717) is 5.92 Å². The maximum absolute atomic E-state index is 10.7. The minimum absolute atomic E-state index is 0.0399. The minimum Gasteiger partial charge on any atom is -0.445 e. The molecule has 0 aromatic rings. The molecule has 0 aliphatic carbocycles. The molecule has 1 aliphatic rings. The number of ether oxygens (including phenoxy) is 1. The molecule has 1 saturated heterocycles. The molecule has 1 unspecified atom stereocenters. The topological polar surface area (TPSA) is 64.3 Å². The van der Waals surface area contributed by atoms with E-state index >= 15 is 0 Å². The van der Waals surface area contributed by atoms with Crippen molar-refractivity contribution in [2.75, 3.05) is 13.1 Å². The SMILES string of the molecule is CC(C)(C)C(OC(N)=O)C1CNC1. The number of primary amides is 1. The van der Waals surface area contributed by atoms with Crippen molar-refractivity contribution in [3.05, 3.63) is 0 Å². The molecule has 0 radical (unpaired) electrons. The Kier molecular flexibility index (Phi) is 2.81. The fourth-order valence-corrected chi connectivity index (χ4v) is 1.63. The van der Waals surface area contributed by atoms with Gasteiger partial charge in [-0.05, 0) is 5.41 Å². The van der Waals surface area contributed by atoms with E-state index in [4.69, 9.17) is 10.5 Å². The quantitative estimate of drug-likeness (QED) is 0.667. The van der Waals surface area contributed by atoms with Crippen molar-refractivity contribution < 1.29 is 9.53 Å². The van der Waals surface area contributed by atoms with Gasteiger partial charge in [0.1, 0.15) is 6.10 Å². The van der Waals surface area contributed by atoms with Gasteiger partial charge in [-0.3, -0.25) is 0 Å². The molecule has 1 heterocycles. The van der Waals surface area contributed by atoms with Crippen LogP contribution in [-0.2, 0) is 4.74 Å². The number of nitrogens with one attached hydrogen (secondary N) is 1. The average Bonchev–Trinajstić information content (AvgIpc) is 1.78. The molecular weight excluding hydrogens is 168 g/mol. The molecule has 0 aromatic heterocycles. The zero-order valence-electron chi connectivity index (χ0n) is 8.46. The van der Waals surface area contributed by atoms with E-state index in [1.807, 2.05) is 0 Å². The number of nitrogens with two attached hydrogens (primary N) is 1. The summed E-state index contributed by atoms with van der Waals surface area (Å²) in [6.07, 6.45) is -0.752. The Bertz CT molecular complexity index is 194. The van der Waals surface area contributed by atoms with Crippen LogP contribution in [0.2, 0.25) is 0 Å². The minimum atomic E-state index is -0.674. The highest BCUT2D eigenvalue weighted by atomic mass is 16.6. The maximum atomic E-state index is 10.7. The monoisotopic (exact) mass is 186 g/mol. The molecule has 0 bridgehead atoms. The highest BCUT2D eigenvalue weighted by Gasteiger charge is 2.38. The van der Waals surface area contributed by atoms with Crippen LogP contribution in [0.3, 0.4) is 0 Å². The molecular formula is C9H18N2O2. The van der Waals surface area contributed by atoms with Crippen molar-refractivity contribution in [1.82, 2.24) is 5.32 Å². The lowest BCUT2D eigenvalue weighted by atomic mass is 9.78. The Morgan fingerprint density at radius 3 is 2.31 bits per heavy atom. The van der Waals surface area contributed by atoms with E-state index in [2.05, 4.69) is 26.1 Å². The number of carbonyl (C=O) groups excluding carboxylic acids is 1. The first-order chi connectivity index (χ1) is 5.91. The van der Waals surface area contributed by atoms with Crippen molar-refractivity contribution in [3.8, 4) is 0 Å². The summed E-state index contributed by atoms with van der Waals surface area (Å²) in [5.41, 5.74) is 4.99. The fourth-order valence-electron chi connectivity index (χ4n) is 1.63. The second-order valence-corrected chi connectivity index (χ2v) is 4.64. The first kappa shape index (κ1) is 10.3. The van der Waals surface area contributed by atoms with E-state index in [-0.39, 0.29) is 11.5 Å². The van der Waals surface area contributed by atoms with Gasteiger partial charge in [-0.2, -0.15) is 0 Å². The predicted octanol–water partition coefficient (Wildman–Crippen LogP) is 0.716. The van der Waals surface area contributed by atoms with Crippen LogP contribution in [0.25, 0.3) is 0 Å². The number of hydrogen-bond donors (Lipinski definition) is 2. The fraction of sp³-hybridized carbons (Fsp3) is 0.889. The highest BCUT2D eigenvalue weighted by molar-refractivity contribution is 5.64. The van der Waals surface area contributed by atoms with Gasteiger partial charge in [-0.25, -0.2) is 4.79 Å². The molecule has 3 N–H and O–H groups in total. The van der Waals surface area contributed by atoms with Crippen LogP contribution in [0.15, 0.2) is 0 Å². The molecule has 4 heteroatoms. The normalized spacial score (nSPS) is 20.5. The summed E-state index contributed by atoms with van der Waals surface area (Å²) < 4.78 is 5.12. The van der Waals surface area contributed by atoms with Crippen LogP contribution in [0, 0.1) is 11.3 Å². The molecule has 1 amide bonds. The molecule has 13 heavy (non-hydrogen) atoms. The molecule has 0 aromatic carbocycles. The van der Waals surface area contributed by atoms with Crippen molar-refractivity contribution in [2.45, 2.75) is 26.9 Å². The van der Waals surface area contributed by atoms with E-state index < -0.39 is 6.09 Å². The summed E-state index contributed by atoms with van der Waals surface area (Å²) >= 11 is 0. The molecule has 4 nitrogen and oxygen atoms in total. The van der Waals surface area contributed by atoms with Gasteiger partial charge in [-0.1, -0.05) is 20.8 Å². The summed E-state index contributed by atoms with van der Waals surface area (Å²) in [5.74, 6) is 0.410. The molecule has 1 atom stereocenters. The van der Waals surface area contributed by atoms with E-state index in [0.717, 1.165) is 13.1 Å². The van der Waals surface area contributed by atoms with Gasteiger partial charge >= 0.3 is 6.09 Å². The Labute approximate surface area is 78.8 Å². The van der Waals surface area contributed by atoms with Gasteiger partial charge in [0.2, 0.25) is 0 Å². The van der Waals surface area contributed by atoms with Gasteiger partial charge < -0.3 is 15.8 Å². The maximum Gasteiger partial charge on any atom is 0.404 e. The first-order valence-corrected chi connectivity index (χ1v) is 4.58. The second kappa shape index (κ2) is 3.54. The third-order valence-electron chi connectivity index (χ3n) is 2.34. The third-order valence-corrected chi connectivity index (χ3v) is 2.34. The summed E-state index contributed by atoms with van der Waals surface area (Å²) in [6.45, 7) is 7.99. The average molecular weight is 186 g/mol. The van der Waals surface area contributed by atoms with Crippen molar-refractivity contribution >= 4 is 6.09 Å². The van der Waals surface area contributed by atoms with E-state index in [1.165, 1.54) is 0 Å². The zero-order valence-corrected chi connectivity index (χ0v) is 8.46. The lowest BCUT2D eigenvalue weighted by Gasteiger charge is -2.40.